The molecule has 0 fully saturated rings. The monoisotopic (exact) mass is 370 g/mol. The third-order valence-electron chi connectivity index (χ3n) is 3.14. The Morgan fingerprint density at radius 2 is 2.04 bits per heavy atom. The molecule has 23 heavy (non-hydrogen) atoms. The molecule has 2 N–H and O–H groups in total. The Morgan fingerprint density at radius 3 is 2.65 bits per heavy atom. The fourth-order valence-electron chi connectivity index (χ4n) is 2.07. The third kappa shape index (κ3) is 5.53. The highest BCUT2D eigenvalue weighted by atomic mass is 35.5. The van der Waals surface area contributed by atoms with Crippen LogP contribution in [0.5, 0.6) is 0 Å². The van der Waals surface area contributed by atoms with Crippen LogP contribution >= 0.6 is 34.5 Å². The molecule has 0 radical (unpaired) electrons. The third-order valence-corrected chi connectivity index (χ3v) is 4.72. The van der Waals surface area contributed by atoms with Gasteiger partial charge in [-0.25, -0.2) is 0 Å². The van der Waals surface area contributed by atoms with Gasteiger partial charge in [0, 0.05) is 28.4 Å². The highest BCUT2D eigenvalue weighted by molar-refractivity contribution is 7.10. The summed E-state index contributed by atoms with van der Waals surface area (Å²) in [5.74, 6) is -0.333. The number of hydrogen-bond acceptors (Lipinski definition) is 3. The number of benzene rings is 1. The number of halogens is 2. The van der Waals surface area contributed by atoms with Crippen molar-refractivity contribution < 1.29 is 9.59 Å². The van der Waals surface area contributed by atoms with Crippen LogP contribution in [0.4, 0.5) is 0 Å². The number of nitrogens with one attached hydrogen (secondary N) is 2. The van der Waals surface area contributed by atoms with Crippen molar-refractivity contribution in [3.05, 3.63) is 56.2 Å². The summed E-state index contributed by atoms with van der Waals surface area (Å²) in [4.78, 5) is 24.4. The van der Waals surface area contributed by atoms with Gasteiger partial charge in [-0.3, -0.25) is 9.59 Å². The normalized spacial score (nSPS) is 11.8. The standard InChI is InChI=1S/C16H16Cl2N2O2S/c1-10(21)20-14(15-3-2-6-23-15)8-16(22)19-9-11-4-5-12(17)7-13(11)18/h2-7,14H,8-9H2,1H3,(H,19,22)(H,20,21)/t14-/m0/s1. The zero-order valence-electron chi connectivity index (χ0n) is 12.4. The predicted octanol–water partition coefficient (Wildman–Crippen LogP) is 3.94. The van der Waals surface area contributed by atoms with Crippen LogP contribution in [-0.4, -0.2) is 11.8 Å². The van der Waals surface area contributed by atoms with Gasteiger partial charge in [0.25, 0.3) is 0 Å². The molecule has 122 valence electrons. The lowest BCUT2D eigenvalue weighted by molar-refractivity contribution is -0.122. The fourth-order valence-corrected chi connectivity index (χ4v) is 3.33. The minimum Gasteiger partial charge on any atom is -0.352 e. The minimum atomic E-state index is -0.326. The van der Waals surface area contributed by atoms with E-state index in [4.69, 9.17) is 23.2 Å². The maximum atomic E-state index is 12.2. The van der Waals surface area contributed by atoms with Gasteiger partial charge < -0.3 is 10.6 Å². The maximum Gasteiger partial charge on any atom is 0.222 e. The summed E-state index contributed by atoms with van der Waals surface area (Å²) in [7, 11) is 0. The molecule has 0 saturated heterocycles. The summed E-state index contributed by atoms with van der Waals surface area (Å²) in [6, 6.07) is 8.59. The minimum absolute atomic E-state index is 0.164. The van der Waals surface area contributed by atoms with Crippen LogP contribution in [0.25, 0.3) is 0 Å². The Morgan fingerprint density at radius 1 is 1.26 bits per heavy atom. The van der Waals surface area contributed by atoms with Gasteiger partial charge in [-0.15, -0.1) is 11.3 Å². The van der Waals surface area contributed by atoms with E-state index >= 15 is 0 Å². The Labute approximate surface area is 148 Å². The van der Waals surface area contributed by atoms with E-state index in [0.29, 0.717) is 16.6 Å². The SMILES string of the molecule is CC(=O)N[C@@H](CC(=O)NCc1ccc(Cl)cc1Cl)c1cccs1. The molecule has 2 aromatic rings. The summed E-state index contributed by atoms with van der Waals surface area (Å²) in [5.41, 5.74) is 0.789. The maximum absolute atomic E-state index is 12.2. The van der Waals surface area contributed by atoms with E-state index in [2.05, 4.69) is 10.6 Å². The van der Waals surface area contributed by atoms with Crippen LogP contribution in [0, 0.1) is 0 Å². The molecule has 0 aliphatic rings. The Kier molecular flexibility index (Phi) is 6.45. The van der Waals surface area contributed by atoms with Gasteiger partial charge in [0.2, 0.25) is 11.8 Å². The topological polar surface area (TPSA) is 58.2 Å². The quantitative estimate of drug-likeness (QED) is 0.808. The van der Waals surface area contributed by atoms with Crippen molar-refractivity contribution in [3.63, 3.8) is 0 Å². The number of hydrogen-bond donors (Lipinski definition) is 2. The molecule has 0 aliphatic carbocycles. The van der Waals surface area contributed by atoms with Crippen molar-refractivity contribution in [2.75, 3.05) is 0 Å². The van der Waals surface area contributed by atoms with E-state index in [1.54, 1.807) is 18.2 Å². The predicted molar refractivity (Wildman–Crippen MR) is 93.8 cm³/mol. The van der Waals surface area contributed by atoms with Crippen LogP contribution in [0.1, 0.15) is 29.8 Å². The molecule has 0 unspecified atom stereocenters. The zero-order chi connectivity index (χ0) is 16.8. The molecule has 1 heterocycles. The Balaban J connectivity index is 1.95. The van der Waals surface area contributed by atoms with E-state index in [1.165, 1.54) is 18.3 Å². The van der Waals surface area contributed by atoms with Gasteiger partial charge in [0.05, 0.1) is 12.5 Å². The van der Waals surface area contributed by atoms with E-state index in [-0.39, 0.29) is 24.3 Å². The summed E-state index contributed by atoms with van der Waals surface area (Å²) >= 11 is 13.4. The molecule has 0 spiro atoms. The second-order valence-electron chi connectivity index (χ2n) is 4.99. The number of rotatable bonds is 6. The summed E-state index contributed by atoms with van der Waals surface area (Å²) in [5, 5.41) is 8.58. The molecule has 0 saturated carbocycles. The Bertz CT molecular complexity index is 689. The number of thiophene rings is 1. The average Bonchev–Trinajstić information content (AvgIpc) is 2.99. The molecule has 4 nitrogen and oxygen atoms in total. The fraction of sp³-hybridized carbons (Fsp3) is 0.250. The lowest BCUT2D eigenvalue weighted by Crippen LogP contribution is -2.32. The van der Waals surface area contributed by atoms with Crippen molar-refractivity contribution in [3.8, 4) is 0 Å². The molecule has 1 aromatic carbocycles. The molecule has 7 heteroatoms. The molecule has 2 amide bonds. The van der Waals surface area contributed by atoms with Crippen molar-refractivity contribution in [1.29, 1.82) is 0 Å². The average molecular weight is 371 g/mol. The first-order valence-electron chi connectivity index (χ1n) is 6.97. The van der Waals surface area contributed by atoms with Gasteiger partial charge >= 0.3 is 0 Å². The summed E-state index contributed by atoms with van der Waals surface area (Å²) < 4.78 is 0. The van der Waals surface area contributed by atoms with Crippen LogP contribution in [-0.2, 0) is 16.1 Å². The van der Waals surface area contributed by atoms with Crippen LogP contribution < -0.4 is 10.6 Å². The van der Waals surface area contributed by atoms with Gasteiger partial charge in [-0.1, -0.05) is 35.3 Å². The molecule has 1 aromatic heterocycles. The first kappa shape index (κ1) is 17.8. The second kappa shape index (κ2) is 8.34. The lowest BCUT2D eigenvalue weighted by atomic mass is 10.1. The highest BCUT2D eigenvalue weighted by Crippen LogP contribution is 2.23. The van der Waals surface area contributed by atoms with Crippen LogP contribution in [0.3, 0.4) is 0 Å². The van der Waals surface area contributed by atoms with E-state index in [9.17, 15) is 9.59 Å². The Hall–Kier alpha value is -1.56. The number of amides is 2. The molecule has 1 atom stereocenters. The molecule has 0 bridgehead atoms. The van der Waals surface area contributed by atoms with Crippen molar-refractivity contribution in [2.45, 2.75) is 25.9 Å². The van der Waals surface area contributed by atoms with Crippen molar-refractivity contribution in [1.82, 2.24) is 10.6 Å². The van der Waals surface area contributed by atoms with Crippen LogP contribution in [0.15, 0.2) is 35.7 Å². The van der Waals surface area contributed by atoms with E-state index in [0.717, 1.165) is 10.4 Å². The summed E-state index contributed by atoms with van der Waals surface area (Å²) in [6.45, 7) is 1.75. The second-order valence-corrected chi connectivity index (χ2v) is 6.81. The smallest absolute Gasteiger partial charge is 0.222 e. The van der Waals surface area contributed by atoms with E-state index in [1.807, 2.05) is 17.5 Å². The first-order valence-corrected chi connectivity index (χ1v) is 8.60. The van der Waals surface area contributed by atoms with Crippen molar-refractivity contribution in [2.24, 2.45) is 0 Å². The molecule has 2 rings (SSSR count). The number of carbonyl (C=O) groups excluding carboxylic acids is 2. The molecular weight excluding hydrogens is 355 g/mol. The largest absolute Gasteiger partial charge is 0.352 e. The van der Waals surface area contributed by atoms with Crippen LogP contribution in [0.2, 0.25) is 10.0 Å². The van der Waals surface area contributed by atoms with Gasteiger partial charge in [-0.2, -0.15) is 0 Å². The zero-order valence-corrected chi connectivity index (χ0v) is 14.8. The molecule has 0 aliphatic heterocycles. The first-order chi connectivity index (χ1) is 11.0. The van der Waals surface area contributed by atoms with Gasteiger partial charge in [0.1, 0.15) is 0 Å². The van der Waals surface area contributed by atoms with Gasteiger partial charge in [-0.05, 0) is 29.1 Å². The summed E-state index contributed by atoms with van der Waals surface area (Å²) in [6.07, 6.45) is 0.172. The van der Waals surface area contributed by atoms with Gasteiger partial charge in [0.15, 0.2) is 0 Å². The van der Waals surface area contributed by atoms with E-state index < -0.39 is 0 Å². The number of carbonyl (C=O) groups is 2. The molecular formula is C16H16Cl2N2O2S. The van der Waals surface area contributed by atoms with Crippen molar-refractivity contribution >= 4 is 46.4 Å². The highest BCUT2D eigenvalue weighted by Gasteiger charge is 2.18. The lowest BCUT2D eigenvalue weighted by Gasteiger charge is -2.16.